The predicted octanol–water partition coefficient (Wildman–Crippen LogP) is 4.50. The van der Waals surface area contributed by atoms with Gasteiger partial charge in [-0.25, -0.2) is 0 Å². The average molecular weight is 307 g/mol. The van der Waals surface area contributed by atoms with Crippen LogP contribution in [0.1, 0.15) is 37.7 Å². The van der Waals surface area contributed by atoms with Gasteiger partial charge < -0.3 is 10.4 Å². The third kappa shape index (κ3) is 2.11. The lowest BCUT2D eigenvalue weighted by molar-refractivity contribution is -0.129. The molecule has 2 heteroatoms. The summed E-state index contributed by atoms with van der Waals surface area (Å²) >= 11 is 0. The Morgan fingerprint density at radius 2 is 1.74 bits per heavy atom. The zero-order valence-corrected chi connectivity index (χ0v) is 13.8. The summed E-state index contributed by atoms with van der Waals surface area (Å²) in [5, 5.41) is 17.3. The Kier molecular flexibility index (Phi) is 2.85. The van der Waals surface area contributed by atoms with Gasteiger partial charge in [-0.1, -0.05) is 30.3 Å². The largest absolute Gasteiger partial charge is 0.390 e. The molecule has 0 aromatic heterocycles. The van der Waals surface area contributed by atoms with E-state index in [-0.39, 0.29) is 5.60 Å². The van der Waals surface area contributed by atoms with E-state index in [1.807, 2.05) is 0 Å². The van der Waals surface area contributed by atoms with E-state index in [0.717, 1.165) is 25.2 Å². The fraction of sp³-hybridized carbons (Fsp3) is 0.524. The van der Waals surface area contributed by atoms with E-state index in [1.54, 1.807) is 0 Å². The third-order valence-electron chi connectivity index (χ3n) is 6.76. The van der Waals surface area contributed by atoms with Crippen LogP contribution in [0.25, 0.3) is 10.8 Å². The van der Waals surface area contributed by atoms with Crippen molar-refractivity contribution < 1.29 is 5.11 Å². The van der Waals surface area contributed by atoms with Gasteiger partial charge >= 0.3 is 0 Å². The van der Waals surface area contributed by atoms with E-state index in [2.05, 4.69) is 48.6 Å². The van der Waals surface area contributed by atoms with Crippen LogP contribution in [0.4, 0.5) is 5.69 Å². The minimum Gasteiger partial charge on any atom is -0.390 e. The number of aryl methyl sites for hydroxylation is 1. The summed E-state index contributed by atoms with van der Waals surface area (Å²) in [5.74, 6) is 2.07. The van der Waals surface area contributed by atoms with Crippen molar-refractivity contribution in [3.05, 3.63) is 42.0 Å². The predicted molar refractivity (Wildman–Crippen MR) is 94.6 cm³/mol. The number of hydrogen-bond acceptors (Lipinski definition) is 2. The van der Waals surface area contributed by atoms with Gasteiger partial charge in [-0.15, -0.1) is 0 Å². The second kappa shape index (κ2) is 4.73. The van der Waals surface area contributed by atoms with Crippen molar-refractivity contribution in [3.8, 4) is 0 Å². The monoisotopic (exact) mass is 307 g/mol. The number of fused-ring (bicyclic) bond motifs is 1. The van der Waals surface area contributed by atoms with Gasteiger partial charge in [0.25, 0.3) is 0 Å². The van der Waals surface area contributed by atoms with Crippen molar-refractivity contribution in [2.45, 2.75) is 50.7 Å². The van der Waals surface area contributed by atoms with Crippen molar-refractivity contribution in [3.63, 3.8) is 0 Å². The Morgan fingerprint density at radius 1 is 1.00 bits per heavy atom. The lowest BCUT2D eigenvalue weighted by atomic mass is 9.52. The molecule has 4 bridgehead atoms. The van der Waals surface area contributed by atoms with E-state index < -0.39 is 0 Å². The standard InChI is InChI=1S/C21H25NO/c1-13-18-5-3-2-4-15(18)6-7-19(13)22-20-16-8-14-9-17(20)12-21(23,10-14)11-16/h2-7,14,16-17,20,22-23H,8-12H2,1H3/t14?,16-,17+,20?,21?. The van der Waals surface area contributed by atoms with Crippen LogP contribution in [0.15, 0.2) is 36.4 Å². The molecule has 4 saturated carbocycles. The van der Waals surface area contributed by atoms with Gasteiger partial charge in [0.15, 0.2) is 0 Å². The molecule has 120 valence electrons. The van der Waals surface area contributed by atoms with Gasteiger partial charge in [-0.05, 0) is 79.2 Å². The fourth-order valence-electron chi connectivity index (χ4n) is 5.98. The molecule has 5 atom stereocenters. The maximum atomic E-state index is 10.8. The Hall–Kier alpha value is -1.54. The normalized spacial score (nSPS) is 38.2. The summed E-state index contributed by atoms with van der Waals surface area (Å²) in [6.07, 6.45) is 5.68. The number of aliphatic hydroxyl groups is 1. The molecule has 23 heavy (non-hydrogen) atoms. The van der Waals surface area contributed by atoms with Crippen LogP contribution in [0.3, 0.4) is 0 Å². The maximum Gasteiger partial charge on any atom is 0.0657 e. The fourth-order valence-corrected chi connectivity index (χ4v) is 5.98. The van der Waals surface area contributed by atoms with Crippen LogP contribution in [0.5, 0.6) is 0 Å². The van der Waals surface area contributed by atoms with Crippen LogP contribution in [-0.4, -0.2) is 16.7 Å². The van der Waals surface area contributed by atoms with E-state index in [1.165, 1.54) is 34.9 Å². The van der Waals surface area contributed by atoms with Crippen LogP contribution in [0.2, 0.25) is 0 Å². The van der Waals surface area contributed by atoms with Gasteiger partial charge in [-0.3, -0.25) is 0 Å². The first-order valence-electron chi connectivity index (χ1n) is 9.09. The first-order valence-corrected chi connectivity index (χ1v) is 9.09. The number of nitrogens with one attached hydrogen (secondary N) is 1. The number of rotatable bonds is 2. The van der Waals surface area contributed by atoms with Crippen molar-refractivity contribution in [1.29, 1.82) is 0 Å². The summed E-state index contributed by atoms with van der Waals surface area (Å²) in [5.41, 5.74) is 2.30. The summed E-state index contributed by atoms with van der Waals surface area (Å²) in [7, 11) is 0. The van der Waals surface area contributed by atoms with E-state index in [0.29, 0.717) is 17.9 Å². The molecule has 0 heterocycles. The Morgan fingerprint density at radius 3 is 2.48 bits per heavy atom. The first-order chi connectivity index (χ1) is 11.1. The first kappa shape index (κ1) is 13.9. The molecule has 0 saturated heterocycles. The van der Waals surface area contributed by atoms with E-state index in [9.17, 15) is 5.11 Å². The molecule has 3 unspecified atom stereocenters. The van der Waals surface area contributed by atoms with Crippen molar-refractivity contribution >= 4 is 16.5 Å². The summed E-state index contributed by atoms with van der Waals surface area (Å²) in [4.78, 5) is 0. The zero-order chi connectivity index (χ0) is 15.6. The van der Waals surface area contributed by atoms with Gasteiger partial charge in [0.1, 0.15) is 0 Å². The van der Waals surface area contributed by atoms with Crippen LogP contribution in [-0.2, 0) is 0 Å². The molecule has 2 aromatic rings. The highest BCUT2D eigenvalue weighted by molar-refractivity contribution is 5.89. The molecular formula is C21H25NO. The molecule has 2 aromatic carbocycles. The minimum absolute atomic E-state index is 0.340. The lowest BCUT2D eigenvalue weighted by Crippen LogP contribution is -2.59. The van der Waals surface area contributed by atoms with Gasteiger partial charge in [-0.2, -0.15) is 0 Å². The van der Waals surface area contributed by atoms with Gasteiger partial charge in [0.2, 0.25) is 0 Å². The highest BCUT2D eigenvalue weighted by atomic mass is 16.3. The molecule has 4 aliphatic rings. The summed E-state index contributed by atoms with van der Waals surface area (Å²) in [6, 6.07) is 13.7. The van der Waals surface area contributed by atoms with E-state index in [4.69, 9.17) is 0 Å². The summed E-state index contributed by atoms with van der Waals surface area (Å²) < 4.78 is 0. The van der Waals surface area contributed by atoms with Crippen LogP contribution < -0.4 is 5.32 Å². The van der Waals surface area contributed by atoms with Gasteiger partial charge in [0.05, 0.1) is 5.60 Å². The molecule has 2 N–H and O–H groups in total. The molecule has 0 radical (unpaired) electrons. The van der Waals surface area contributed by atoms with Gasteiger partial charge in [0, 0.05) is 11.7 Å². The quantitative estimate of drug-likeness (QED) is 0.856. The number of benzene rings is 2. The lowest BCUT2D eigenvalue weighted by Gasteiger charge is -2.58. The average Bonchev–Trinajstić information content (AvgIpc) is 2.51. The molecule has 4 fully saturated rings. The molecule has 0 spiro atoms. The molecule has 2 nitrogen and oxygen atoms in total. The Balaban J connectivity index is 1.47. The third-order valence-corrected chi connectivity index (χ3v) is 6.76. The molecule has 0 amide bonds. The summed E-state index contributed by atoms with van der Waals surface area (Å²) in [6.45, 7) is 2.23. The van der Waals surface area contributed by atoms with Crippen molar-refractivity contribution in [1.82, 2.24) is 0 Å². The zero-order valence-electron chi connectivity index (χ0n) is 13.8. The van der Waals surface area contributed by atoms with Crippen molar-refractivity contribution in [2.24, 2.45) is 17.8 Å². The smallest absolute Gasteiger partial charge is 0.0657 e. The maximum absolute atomic E-state index is 10.8. The van der Waals surface area contributed by atoms with Crippen molar-refractivity contribution in [2.75, 3.05) is 5.32 Å². The molecule has 0 aliphatic heterocycles. The molecule has 6 rings (SSSR count). The second-order valence-corrected chi connectivity index (χ2v) is 8.32. The number of anilines is 1. The highest BCUT2D eigenvalue weighted by Crippen LogP contribution is 2.56. The SMILES string of the molecule is Cc1c(NC2[C@@H]3CC4C[C@H]2CC(O)(C4)C3)ccc2ccccc12. The number of hydrogen-bond donors (Lipinski definition) is 2. The van der Waals surface area contributed by atoms with E-state index >= 15 is 0 Å². The topological polar surface area (TPSA) is 32.3 Å². The molecular weight excluding hydrogens is 282 g/mol. The minimum atomic E-state index is -0.340. The van der Waals surface area contributed by atoms with Crippen LogP contribution >= 0.6 is 0 Å². The highest BCUT2D eigenvalue weighted by Gasteiger charge is 2.54. The Labute approximate surface area is 137 Å². The Bertz CT molecular complexity index is 752. The molecule has 4 aliphatic carbocycles. The second-order valence-electron chi connectivity index (χ2n) is 8.32. The van der Waals surface area contributed by atoms with Crippen LogP contribution in [0, 0.1) is 24.7 Å².